The fourth-order valence-electron chi connectivity index (χ4n) is 2.73. The first kappa shape index (κ1) is 17.9. The van der Waals surface area contributed by atoms with Crippen LogP contribution >= 0.6 is 0 Å². The summed E-state index contributed by atoms with van der Waals surface area (Å²) in [4.78, 5) is 14.2. The summed E-state index contributed by atoms with van der Waals surface area (Å²) in [7, 11) is -3.51. The van der Waals surface area contributed by atoms with Crippen LogP contribution in [0.4, 0.5) is 0 Å². The van der Waals surface area contributed by atoms with Crippen molar-refractivity contribution in [3.8, 4) is 0 Å². The minimum atomic E-state index is -3.51. The predicted octanol–water partition coefficient (Wildman–Crippen LogP) is 1.28. The molecule has 1 amide bonds. The fraction of sp³-hybridized carbons (Fsp3) is 0.562. The van der Waals surface area contributed by atoms with Crippen molar-refractivity contribution < 1.29 is 13.2 Å². The van der Waals surface area contributed by atoms with Gasteiger partial charge in [0.25, 0.3) is 5.91 Å². The van der Waals surface area contributed by atoms with Gasteiger partial charge < -0.3 is 10.6 Å². The Labute approximate surface area is 138 Å². The van der Waals surface area contributed by atoms with Crippen molar-refractivity contribution in [1.29, 1.82) is 0 Å². The Morgan fingerprint density at radius 1 is 1.17 bits per heavy atom. The molecule has 1 aliphatic heterocycles. The van der Waals surface area contributed by atoms with Gasteiger partial charge in [-0.2, -0.15) is 4.31 Å². The molecule has 1 aliphatic rings. The topological polar surface area (TPSA) is 83.7 Å². The second kappa shape index (κ2) is 7.42. The molecule has 128 valence electrons. The molecule has 1 heterocycles. The highest BCUT2D eigenvalue weighted by Gasteiger charge is 2.28. The van der Waals surface area contributed by atoms with Crippen molar-refractivity contribution in [1.82, 2.24) is 9.21 Å². The Kier molecular flexibility index (Phi) is 5.78. The zero-order valence-electron chi connectivity index (χ0n) is 13.7. The number of amides is 1. The second-order valence-electron chi connectivity index (χ2n) is 5.74. The van der Waals surface area contributed by atoms with Crippen molar-refractivity contribution in [2.75, 3.05) is 26.2 Å². The van der Waals surface area contributed by atoms with Crippen LogP contribution in [-0.4, -0.2) is 55.8 Å². The highest BCUT2D eigenvalue weighted by Crippen LogP contribution is 2.21. The maximum Gasteiger partial charge on any atom is 0.253 e. The molecule has 0 aromatic heterocycles. The van der Waals surface area contributed by atoms with Gasteiger partial charge in [0, 0.05) is 37.8 Å². The van der Waals surface area contributed by atoms with Crippen molar-refractivity contribution in [2.45, 2.75) is 37.6 Å². The van der Waals surface area contributed by atoms with Crippen LogP contribution < -0.4 is 5.73 Å². The van der Waals surface area contributed by atoms with Gasteiger partial charge in [-0.05, 0) is 51.0 Å². The van der Waals surface area contributed by atoms with Gasteiger partial charge in [-0.3, -0.25) is 4.79 Å². The molecule has 2 N–H and O–H groups in total. The summed E-state index contributed by atoms with van der Waals surface area (Å²) in [5.41, 5.74) is 6.33. The Morgan fingerprint density at radius 3 is 2.17 bits per heavy atom. The standard InChI is InChI=1S/C16H25N3O3S/c1-3-18(4-2)16(20)13-5-7-15(8-6-13)23(21,22)19-11-9-14(17)10-12-19/h5-8,14H,3-4,9-12,17H2,1-2H3. The average molecular weight is 339 g/mol. The van der Waals surface area contributed by atoms with E-state index in [9.17, 15) is 13.2 Å². The first-order valence-electron chi connectivity index (χ1n) is 8.05. The predicted molar refractivity (Wildman–Crippen MR) is 89.7 cm³/mol. The number of nitrogens with two attached hydrogens (primary N) is 1. The molecule has 1 aromatic carbocycles. The zero-order valence-corrected chi connectivity index (χ0v) is 14.6. The zero-order chi connectivity index (χ0) is 17.0. The highest BCUT2D eigenvalue weighted by molar-refractivity contribution is 7.89. The van der Waals surface area contributed by atoms with Crippen LogP contribution in [0.1, 0.15) is 37.0 Å². The third-order valence-corrected chi connectivity index (χ3v) is 6.20. The normalized spacial score (nSPS) is 17.2. The minimum Gasteiger partial charge on any atom is -0.339 e. The molecule has 7 heteroatoms. The number of benzene rings is 1. The molecule has 1 fully saturated rings. The molecule has 1 saturated heterocycles. The van der Waals surface area contributed by atoms with E-state index in [0.29, 0.717) is 44.6 Å². The highest BCUT2D eigenvalue weighted by atomic mass is 32.2. The number of hydrogen-bond donors (Lipinski definition) is 1. The van der Waals surface area contributed by atoms with E-state index in [0.717, 1.165) is 0 Å². The lowest BCUT2D eigenvalue weighted by Gasteiger charge is -2.29. The van der Waals surface area contributed by atoms with Crippen LogP contribution in [0.2, 0.25) is 0 Å². The summed E-state index contributed by atoms with van der Waals surface area (Å²) in [6.45, 7) is 5.99. The Bertz CT molecular complexity index is 631. The number of sulfonamides is 1. The number of carbonyl (C=O) groups excluding carboxylic acids is 1. The van der Waals surface area contributed by atoms with E-state index >= 15 is 0 Å². The van der Waals surface area contributed by atoms with Gasteiger partial charge in [0.2, 0.25) is 10.0 Å². The lowest BCUT2D eigenvalue weighted by molar-refractivity contribution is 0.0773. The molecule has 0 spiro atoms. The molecular weight excluding hydrogens is 314 g/mol. The lowest BCUT2D eigenvalue weighted by atomic mass is 10.1. The SMILES string of the molecule is CCN(CC)C(=O)c1ccc(S(=O)(=O)N2CCC(N)CC2)cc1. The van der Waals surface area contributed by atoms with E-state index in [1.807, 2.05) is 13.8 Å². The molecule has 0 saturated carbocycles. The van der Waals surface area contributed by atoms with E-state index in [4.69, 9.17) is 5.73 Å². The molecule has 6 nitrogen and oxygen atoms in total. The average Bonchev–Trinajstić information content (AvgIpc) is 2.56. The van der Waals surface area contributed by atoms with Gasteiger partial charge >= 0.3 is 0 Å². The molecule has 23 heavy (non-hydrogen) atoms. The summed E-state index contributed by atoms with van der Waals surface area (Å²) in [6.07, 6.45) is 1.36. The Balaban J connectivity index is 2.17. The van der Waals surface area contributed by atoms with Crippen LogP contribution in [0.3, 0.4) is 0 Å². The molecular formula is C16H25N3O3S. The molecule has 2 rings (SSSR count). The van der Waals surface area contributed by atoms with Gasteiger partial charge in [-0.1, -0.05) is 0 Å². The second-order valence-corrected chi connectivity index (χ2v) is 7.68. The number of carbonyl (C=O) groups is 1. The fourth-order valence-corrected chi connectivity index (χ4v) is 4.20. The van der Waals surface area contributed by atoms with Crippen molar-refractivity contribution in [3.63, 3.8) is 0 Å². The lowest BCUT2D eigenvalue weighted by Crippen LogP contribution is -2.42. The number of rotatable bonds is 5. The Hall–Kier alpha value is -1.44. The van der Waals surface area contributed by atoms with E-state index in [-0.39, 0.29) is 16.8 Å². The quantitative estimate of drug-likeness (QED) is 0.876. The van der Waals surface area contributed by atoms with Gasteiger partial charge in [-0.25, -0.2) is 8.42 Å². The molecule has 0 unspecified atom stereocenters. The third kappa shape index (κ3) is 3.91. The molecule has 1 aromatic rings. The van der Waals surface area contributed by atoms with Crippen LogP contribution in [0, 0.1) is 0 Å². The third-order valence-electron chi connectivity index (χ3n) is 4.29. The van der Waals surface area contributed by atoms with Crippen molar-refractivity contribution in [3.05, 3.63) is 29.8 Å². The van der Waals surface area contributed by atoms with Crippen LogP contribution in [0.5, 0.6) is 0 Å². The smallest absolute Gasteiger partial charge is 0.253 e. The first-order valence-corrected chi connectivity index (χ1v) is 9.49. The summed E-state index contributed by atoms with van der Waals surface area (Å²) in [6, 6.07) is 6.28. The van der Waals surface area contributed by atoms with Crippen molar-refractivity contribution >= 4 is 15.9 Å². The van der Waals surface area contributed by atoms with Gasteiger partial charge in [0.05, 0.1) is 4.90 Å². The summed E-state index contributed by atoms with van der Waals surface area (Å²) in [5.74, 6) is -0.0807. The number of hydrogen-bond acceptors (Lipinski definition) is 4. The minimum absolute atomic E-state index is 0.0792. The van der Waals surface area contributed by atoms with Gasteiger partial charge in [-0.15, -0.1) is 0 Å². The van der Waals surface area contributed by atoms with Crippen LogP contribution in [-0.2, 0) is 10.0 Å². The molecule has 0 bridgehead atoms. The van der Waals surface area contributed by atoms with Crippen LogP contribution in [0.15, 0.2) is 29.2 Å². The number of nitrogens with zero attached hydrogens (tertiary/aromatic N) is 2. The summed E-state index contributed by atoms with van der Waals surface area (Å²) < 4.78 is 26.7. The van der Waals surface area contributed by atoms with Crippen LogP contribution in [0.25, 0.3) is 0 Å². The van der Waals surface area contributed by atoms with E-state index in [2.05, 4.69) is 0 Å². The van der Waals surface area contributed by atoms with E-state index < -0.39 is 10.0 Å². The Morgan fingerprint density at radius 2 is 1.70 bits per heavy atom. The maximum atomic E-state index is 12.6. The van der Waals surface area contributed by atoms with Crippen molar-refractivity contribution in [2.24, 2.45) is 5.73 Å². The maximum absolute atomic E-state index is 12.6. The van der Waals surface area contributed by atoms with Gasteiger partial charge in [0.1, 0.15) is 0 Å². The molecule has 0 aliphatic carbocycles. The molecule has 0 atom stereocenters. The number of piperidine rings is 1. The molecule has 0 radical (unpaired) electrons. The van der Waals surface area contributed by atoms with E-state index in [1.165, 1.54) is 16.4 Å². The first-order chi connectivity index (χ1) is 10.9. The van der Waals surface area contributed by atoms with Gasteiger partial charge in [0.15, 0.2) is 0 Å². The monoisotopic (exact) mass is 339 g/mol. The van der Waals surface area contributed by atoms with E-state index in [1.54, 1.807) is 17.0 Å². The summed E-state index contributed by atoms with van der Waals surface area (Å²) >= 11 is 0. The summed E-state index contributed by atoms with van der Waals surface area (Å²) in [5, 5.41) is 0. The largest absolute Gasteiger partial charge is 0.339 e.